The normalized spacial score (nSPS) is 11.7. The number of Topliss-reactive ketones (excluding diaryl/α,β-unsaturated/α-hetero) is 1. The maximum atomic E-state index is 13.1. The number of aryl methyl sites for hydroxylation is 2. The lowest BCUT2D eigenvalue weighted by molar-refractivity contribution is -0.118. The molecule has 0 unspecified atom stereocenters. The maximum absolute atomic E-state index is 13.1. The summed E-state index contributed by atoms with van der Waals surface area (Å²) in [5.41, 5.74) is 2.72. The Morgan fingerprint density at radius 2 is 1.53 bits per heavy atom. The van der Waals surface area contributed by atoms with Crippen LogP contribution in [-0.2, 0) is 26.0 Å². The summed E-state index contributed by atoms with van der Waals surface area (Å²) in [6.07, 6.45) is 2.58. The van der Waals surface area contributed by atoms with Crippen molar-refractivity contribution in [1.29, 1.82) is 0 Å². The molecule has 1 N–H and O–H groups in total. The summed E-state index contributed by atoms with van der Waals surface area (Å²) in [7, 11) is 3.31. The van der Waals surface area contributed by atoms with E-state index in [4.69, 9.17) is 4.74 Å². The van der Waals surface area contributed by atoms with Gasteiger partial charge in [-0.3, -0.25) is 9.59 Å². The quantitative estimate of drug-likeness (QED) is 0.383. The second-order valence-corrected chi connectivity index (χ2v) is 11.4. The molecule has 0 radical (unpaired) electrons. The second-order valence-electron chi connectivity index (χ2n) is 9.39. The van der Waals surface area contributed by atoms with Gasteiger partial charge in [0.05, 0.1) is 12.0 Å². The van der Waals surface area contributed by atoms with Crippen molar-refractivity contribution >= 4 is 27.4 Å². The van der Waals surface area contributed by atoms with Crippen LogP contribution in [0.5, 0.6) is 5.75 Å². The molecule has 0 saturated heterocycles. The number of ketones is 1. The van der Waals surface area contributed by atoms with Gasteiger partial charge in [0, 0.05) is 38.5 Å². The fourth-order valence-electron chi connectivity index (χ4n) is 3.95. The van der Waals surface area contributed by atoms with Crippen molar-refractivity contribution in [2.45, 2.75) is 50.8 Å². The molecule has 0 aliphatic heterocycles. The molecule has 0 fully saturated rings. The van der Waals surface area contributed by atoms with E-state index in [2.05, 4.69) is 10.2 Å². The van der Waals surface area contributed by atoms with Crippen molar-refractivity contribution in [3.8, 4) is 5.75 Å². The fraction of sp³-hybridized carbons (Fsp3) is 0.481. The van der Waals surface area contributed by atoms with Crippen LogP contribution >= 0.6 is 0 Å². The third kappa shape index (κ3) is 8.72. The molecule has 198 valence electrons. The van der Waals surface area contributed by atoms with Gasteiger partial charge in [-0.05, 0) is 88.3 Å². The third-order valence-electron chi connectivity index (χ3n) is 5.94. The Labute approximate surface area is 215 Å². The van der Waals surface area contributed by atoms with Gasteiger partial charge in [0.2, 0.25) is 15.9 Å². The van der Waals surface area contributed by atoms with Gasteiger partial charge in [0.1, 0.15) is 11.5 Å². The molecule has 8 nitrogen and oxygen atoms in total. The molecule has 1 amide bonds. The second kappa shape index (κ2) is 13.5. The van der Waals surface area contributed by atoms with E-state index in [0.29, 0.717) is 29.0 Å². The molecule has 0 atom stereocenters. The van der Waals surface area contributed by atoms with E-state index < -0.39 is 10.0 Å². The van der Waals surface area contributed by atoms with Crippen LogP contribution in [0.1, 0.15) is 42.4 Å². The molecule has 2 aromatic carbocycles. The van der Waals surface area contributed by atoms with Crippen LogP contribution in [0.15, 0.2) is 41.3 Å². The summed E-state index contributed by atoms with van der Waals surface area (Å²) < 4.78 is 32.7. The Hall–Kier alpha value is -2.75. The molecule has 2 aromatic rings. The van der Waals surface area contributed by atoms with Gasteiger partial charge in [-0.15, -0.1) is 0 Å². The molecule has 0 aliphatic rings. The van der Waals surface area contributed by atoms with Crippen molar-refractivity contribution < 1.29 is 22.7 Å². The zero-order valence-electron chi connectivity index (χ0n) is 22.3. The number of hydrogen-bond acceptors (Lipinski definition) is 6. The minimum Gasteiger partial charge on any atom is -0.497 e. The van der Waals surface area contributed by atoms with Crippen LogP contribution in [0.2, 0.25) is 0 Å². The highest BCUT2D eigenvalue weighted by Gasteiger charge is 2.25. The van der Waals surface area contributed by atoms with E-state index in [1.54, 1.807) is 45.2 Å². The summed E-state index contributed by atoms with van der Waals surface area (Å²) in [6.45, 7) is 4.52. The first-order chi connectivity index (χ1) is 16.9. The highest BCUT2D eigenvalue weighted by molar-refractivity contribution is 7.89. The summed E-state index contributed by atoms with van der Waals surface area (Å²) in [5.74, 6) is 0.523. The minimum absolute atomic E-state index is 0.0239. The standard InChI is InChI=1S/C27H39N3O5S/c1-20-17-25(35-6)18-21(2)27(20)36(33,34)30(5)16-14-24(31)19-22-10-12-23(13-11-22)28-26(32)9-7-8-15-29(3)4/h10-13,17-18H,7-9,14-16,19H2,1-6H3,(H,28,32). The van der Waals surface area contributed by atoms with Gasteiger partial charge >= 0.3 is 0 Å². The predicted molar refractivity (Wildman–Crippen MR) is 143 cm³/mol. The number of ether oxygens (including phenoxy) is 1. The molecule has 36 heavy (non-hydrogen) atoms. The highest BCUT2D eigenvalue weighted by Crippen LogP contribution is 2.27. The fourth-order valence-corrected chi connectivity index (χ4v) is 5.53. The van der Waals surface area contributed by atoms with Gasteiger partial charge in [0.15, 0.2) is 0 Å². The highest BCUT2D eigenvalue weighted by atomic mass is 32.2. The van der Waals surface area contributed by atoms with E-state index in [9.17, 15) is 18.0 Å². The molecule has 9 heteroatoms. The monoisotopic (exact) mass is 517 g/mol. The number of anilines is 1. The van der Waals surface area contributed by atoms with Gasteiger partial charge in [-0.2, -0.15) is 0 Å². The molecule has 0 spiro atoms. The first-order valence-electron chi connectivity index (χ1n) is 12.1. The molecule has 0 aliphatic carbocycles. The average molecular weight is 518 g/mol. The maximum Gasteiger partial charge on any atom is 0.243 e. The Morgan fingerprint density at radius 1 is 0.917 bits per heavy atom. The summed E-state index contributed by atoms with van der Waals surface area (Å²) in [5, 5.41) is 2.88. The van der Waals surface area contributed by atoms with Crippen LogP contribution in [0.4, 0.5) is 5.69 Å². The Balaban J connectivity index is 1.87. The smallest absolute Gasteiger partial charge is 0.243 e. The Morgan fingerprint density at radius 3 is 2.08 bits per heavy atom. The van der Waals surface area contributed by atoms with Crippen molar-refractivity contribution in [2.24, 2.45) is 0 Å². The number of nitrogens with zero attached hydrogens (tertiary/aromatic N) is 2. The Bertz CT molecular complexity index is 1120. The molecule has 2 rings (SSSR count). The average Bonchev–Trinajstić information content (AvgIpc) is 2.80. The van der Waals surface area contributed by atoms with Crippen molar-refractivity contribution in [3.63, 3.8) is 0 Å². The number of benzene rings is 2. The van der Waals surface area contributed by atoms with E-state index >= 15 is 0 Å². The molecule has 0 saturated carbocycles. The number of carbonyl (C=O) groups is 2. The number of nitrogens with one attached hydrogen (secondary N) is 1. The number of amides is 1. The van der Waals surface area contributed by atoms with Gasteiger partial charge in [-0.25, -0.2) is 12.7 Å². The van der Waals surface area contributed by atoms with E-state index in [0.717, 1.165) is 24.9 Å². The van der Waals surface area contributed by atoms with Crippen molar-refractivity contribution in [3.05, 3.63) is 53.1 Å². The number of hydrogen-bond donors (Lipinski definition) is 1. The molecular formula is C27H39N3O5S. The number of sulfonamides is 1. The number of rotatable bonds is 14. The summed E-state index contributed by atoms with van der Waals surface area (Å²) in [4.78, 5) is 27.0. The van der Waals surface area contributed by atoms with E-state index in [-0.39, 0.29) is 36.0 Å². The zero-order chi connectivity index (χ0) is 26.9. The topological polar surface area (TPSA) is 96.0 Å². The molecule has 0 heterocycles. The summed E-state index contributed by atoms with van der Waals surface area (Å²) in [6, 6.07) is 10.6. The number of carbonyl (C=O) groups excluding carboxylic acids is 2. The van der Waals surface area contributed by atoms with Crippen molar-refractivity contribution in [1.82, 2.24) is 9.21 Å². The van der Waals surface area contributed by atoms with Crippen LogP contribution < -0.4 is 10.1 Å². The van der Waals surface area contributed by atoms with E-state index in [1.807, 2.05) is 26.2 Å². The van der Waals surface area contributed by atoms with E-state index in [1.165, 1.54) is 11.4 Å². The summed E-state index contributed by atoms with van der Waals surface area (Å²) >= 11 is 0. The first kappa shape index (κ1) is 29.5. The minimum atomic E-state index is -3.74. The largest absolute Gasteiger partial charge is 0.497 e. The van der Waals surface area contributed by atoms with Crippen LogP contribution in [-0.4, -0.2) is 70.7 Å². The van der Waals surface area contributed by atoms with Gasteiger partial charge in [-0.1, -0.05) is 12.1 Å². The zero-order valence-corrected chi connectivity index (χ0v) is 23.1. The van der Waals surface area contributed by atoms with Crippen molar-refractivity contribution in [2.75, 3.05) is 46.7 Å². The molecular weight excluding hydrogens is 478 g/mol. The first-order valence-corrected chi connectivity index (χ1v) is 13.5. The third-order valence-corrected chi connectivity index (χ3v) is 8.10. The Kier molecular flexibility index (Phi) is 11.1. The van der Waals surface area contributed by atoms with Crippen LogP contribution in [0.25, 0.3) is 0 Å². The van der Waals surface area contributed by atoms with Crippen LogP contribution in [0.3, 0.4) is 0 Å². The van der Waals surface area contributed by atoms with Gasteiger partial charge < -0.3 is 15.0 Å². The van der Waals surface area contributed by atoms with Crippen LogP contribution in [0, 0.1) is 13.8 Å². The van der Waals surface area contributed by atoms with Gasteiger partial charge in [0.25, 0.3) is 0 Å². The molecule has 0 bridgehead atoms. The number of unbranched alkanes of at least 4 members (excludes halogenated alkanes) is 1. The lowest BCUT2D eigenvalue weighted by Crippen LogP contribution is -2.30. The lowest BCUT2D eigenvalue weighted by Gasteiger charge is -2.20. The number of methoxy groups -OCH3 is 1. The molecule has 0 aromatic heterocycles. The SMILES string of the molecule is COc1cc(C)c(S(=O)(=O)N(C)CCC(=O)Cc2ccc(NC(=O)CCCCN(C)C)cc2)c(C)c1. The predicted octanol–water partition coefficient (Wildman–Crippen LogP) is 3.80. The lowest BCUT2D eigenvalue weighted by atomic mass is 10.1.